The number of piperazine rings is 1. The first-order valence-electron chi connectivity index (χ1n) is 6.95. The second-order valence-corrected chi connectivity index (χ2v) is 5.50. The molecule has 20 heavy (non-hydrogen) atoms. The number of rotatable bonds is 3. The third-order valence-corrected chi connectivity index (χ3v) is 4.28. The molecule has 2 aliphatic rings. The van der Waals surface area contributed by atoms with Crippen LogP contribution < -0.4 is 5.32 Å². The number of carbonyl (C=O) groups excluding carboxylic acids is 1. The van der Waals surface area contributed by atoms with Gasteiger partial charge in [0.25, 0.3) is 0 Å². The van der Waals surface area contributed by atoms with Crippen LogP contribution in [0.3, 0.4) is 0 Å². The van der Waals surface area contributed by atoms with Gasteiger partial charge in [0.05, 0.1) is 5.41 Å². The van der Waals surface area contributed by atoms with Crippen molar-refractivity contribution in [1.29, 1.82) is 0 Å². The molecule has 1 unspecified atom stereocenters. The number of nitrogens with one attached hydrogen (secondary N) is 1. The summed E-state index contributed by atoms with van der Waals surface area (Å²) in [6.45, 7) is 1.44. The van der Waals surface area contributed by atoms with E-state index in [1.54, 1.807) is 4.90 Å². The Labute approximate surface area is 117 Å². The van der Waals surface area contributed by atoms with Gasteiger partial charge in [0.15, 0.2) is 0 Å². The number of carboxylic acid groups (broad SMARTS) is 1. The maximum Gasteiger partial charge on any atom is 0.327 e. The lowest BCUT2D eigenvalue weighted by Crippen LogP contribution is -2.59. The summed E-state index contributed by atoms with van der Waals surface area (Å²) in [5, 5.41) is 12.3. The predicted molar refractivity (Wildman–Crippen MR) is 73.4 cm³/mol. The Morgan fingerprint density at radius 2 is 1.95 bits per heavy atom. The van der Waals surface area contributed by atoms with E-state index < -0.39 is 17.4 Å². The van der Waals surface area contributed by atoms with Crippen molar-refractivity contribution in [3.05, 3.63) is 35.9 Å². The van der Waals surface area contributed by atoms with Crippen LogP contribution in [0.2, 0.25) is 0 Å². The van der Waals surface area contributed by atoms with Crippen molar-refractivity contribution in [2.45, 2.75) is 24.3 Å². The number of aliphatic carboxylic acids is 1. The summed E-state index contributed by atoms with van der Waals surface area (Å²) in [6, 6.07) is 8.95. The average Bonchev–Trinajstić information content (AvgIpc) is 3.29. The van der Waals surface area contributed by atoms with Gasteiger partial charge in [-0.25, -0.2) is 4.79 Å². The monoisotopic (exact) mass is 274 g/mol. The van der Waals surface area contributed by atoms with Gasteiger partial charge in [-0.1, -0.05) is 30.3 Å². The van der Waals surface area contributed by atoms with Gasteiger partial charge < -0.3 is 15.3 Å². The number of amides is 1. The lowest BCUT2D eigenvalue weighted by Gasteiger charge is -2.36. The highest BCUT2D eigenvalue weighted by Crippen LogP contribution is 2.49. The van der Waals surface area contributed by atoms with Gasteiger partial charge in [0, 0.05) is 19.6 Å². The molecule has 1 atom stereocenters. The fourth-order valence-electron chi connectivity index (χ4n) is 2.95. The molecular formula is C15H18N2O3. The van der Waals surface area contributed by atoms with Gasteiger partial charge in [0.1, 0.15) is 6.04 Å². The first kappa shape index (κ1) is 13.1. The molecule has 1 saturated heterocycles. The zero-order valence-corrected chi connectivity index (χ0v) is 11.2. The van der Waals surface area contributed by atoms with Crippen molar-refractivity contribution in [2.75, 3.05) is 19.6 Å². The fourth-order valence-corrected chi connectivity index (χ4v) is 2.95. The molecule has 106 valence electrons. The summed E-state index contributed by atoms with van der Waals surface area (Å²) < 4.78 is 0. The van der Waals surface area contributed by atoms with Crippen LogP contribution in [0.4, 0.5) is 0 Å². The van der Waals surface area contributed by atoms with Crippen LogP contribution in [0.1, 0.15) is 18.4 Å². The Balaban J connectivity index is 1.86. The first-order chi connectivity index (χ1) is 9.65. The van der Waals surface area contributed by atoms with Crippen molar-refractivity contribution in [3.8, 4) is 0 Å². The summed E-state index contributed by atoms with van der Waals surface area (Å²) >= 11 is 0. The minimum absolute atomic E-state index is 0.0300. The summed E-state index contributed by atoms with van der Waals surface area (Å²) in [7, 11) is 0. The normalized spacial score (nSPS) is 24.2. The van der Waals surface area contributed by atoms with Gasteiger partial charge in [-0.3, -0.25) is 4.79 Å². The number of benzene rings is 1. The number of hydrogen-bond acceptors (Lipinski definition) is 3. The van der Waals surface area contributed by atoms with E-state index in [1.165, 1.54) is 0 Å². The Morgan fingerprint density at radius 1 is 1.25 bits per heavy atom. The topological polar surface area (TPSA) is 69.6 Å². The lowest BCUT2D eigenvalue weighted by atomic mass is 9.93. The number of hydrogen-bond donors (Lipinski definition) is 2. The Bertz CT molecular complexity index is 525. The van der Waals surface area contributed by atoms with Crippen LogP contribution in [0.5, 0.6) is 0 Å². The molecule has 1 aromatic rings. The second-order valence-electron chi connectivity index (χ2n) is 5.50. The molecule has 0 bridgehead atoms. The van der Waals surface area contributed by atoms with Crippen molar-refractivity contribution >= 4 is 11.9 Å². The summed E-state index contributed by atoms with van der Waals surface area (Å²) in [5.41, 5.74) is 0.527. The molecular weight excluding hydrogens is 256 g/mol. The molecule has 1 amide bonds. The fraction of sp³-hybridized carbons (Fsp3) is 0.467. The van der Waals surface area contributed by atoms with Gasteiger partial charge in [0.2, 0.25) is 5.91 Å². The molecule has 2 fully saturated rings. The molecule has 5 heteroatoms. The highest BCUT2D eigenvalue weighted by atomic mass is 16.4. The number of carbonyl (C=O) groups is 2. The minimum Gasteiger partial charge on any atom is -0.480 e. The third kappa shape index (κ3) is 2.08. The molecule has 3 rings (SSSR count). The Kier molecular flexibility index (Phi) is 3.22. The summed E-state index contributed by atoms with van der Waals surface area (Å²) in [6.07, 6.45) is 1.62. The molecule has 1 saturated carbocycles. The zero-order valence-electron chi connectivity index (χ0n) is 11.2. The van der Waals surface area contributed by atoms with Gasteiger partial charge >= 0.3 is 5.97 Å². The molecule has 1 aromatic carbocycles. The van der Waals surface area contributed by atoms with Crippen molar-refractivity contribution < 1.29 is 14.7 Å². The molecule has 1 aliphatic carbocycles. The third-order valence-electron chi connectivity index (χ3n) is 4.28. The van der Waals surface area contributed by atoms with Gasteiger partial charge in [-0.2, -0.15) is 0 Å². The zero-order chi connectivity index (χ0) is 14.2. The SMILES string of the molecule is O=C(O)C1CNCCN1C(=O)C1(c2ccccc2)CC1. The standard InChI is InChI=1S/C15H18N2O3/c18-13(19)12-10-16-8-9-17(12)14(20)15(6-7-15)11-4-2-1-3-5-11/h1-5,12,16H,6-10H2,(H,18,19). The van der Waals surface area contributed by atoms with Crippen molar-refractivity contribution in [1.82, 2.24) is 10.2 Å². The minimum atomic E-state index is -0.936. The highest BCUT2D eigenvalue weighted by Gasteiger charge is 2.54. The largest absolute Gasteiger partial charge is 0.480 e. The average molecular weight is 274 g/mol. The molecule has 5 nitrogen and oxygen atoms in total. The summed E-state index contributed by atoms with van der Waals surface area (Å²) in [4.78, 5) is 25.7. The Morgan fingerprint density at radius 3 is 2.55 bits per heavy atom. The molecule has 0 spiro atoms. The van der Waals surface area contributed by atoms with Crippen LogP contribution in [-0.2, 0) is 15.0 Å². The molecule has 0 radical (unpaired) electrons. The van der Waals surface area contributed by atoms with Crippen LogP contribution in [0.25, 0.3) is 0 Å². The number of nitrogens with zero attached hydrogens (tertiary/aromatic N) is 1. The van der Waals surface area contributed by atoms with E-state index in [0.29, 0.717) is 19.6 Å². The van der Waals surface area contributed by atoms with Crippen molar-refractivity contribution in [2.24, 2.45) is 0 Å². The van der Waals surface area contributed by atoms with Gasteiger partial charge in [-0.15, -0.1) is 0 Å². The first-order valence-corrected chi connectivity index (χ1v) is 6.95. The van der Waals surface area contributed by atoms with E-state index in [-0.39, 0.29) is 5.91 Å². The molecule has 1 aliphatic heterocycles. The summed E-state index contributed by atoms with van der Waals surface area (Å²) in [5.74, 6) is -0.966. The van der Waals surface area contributed by atoms with E-state index in [4.69, 9.17) is 0 Å². The molecule has 2 N–H and O–H groups in total. The van der Waals surface area contributed by atoms with E-state index in [9.17, 15) is 14.7 Å². The maximum absolute atomic E-state index is 12.8. The van der Waals surface area contributed by atoms with E-state index in [2.05, 4.69) is 5.32 Å². The molecule has 1 heterocycles. The van der Waals surface area contributed by atoms with E-state index in [1.807, 2.05) is 30.3 Å². The van der Waals surface area contributed by atoms with Crippen LogP contribution in [0.15, 0.2) is 30.3 Å². The Hall–Kier alpha value is -1.88. The second kappa shape index (κ2) is 4.90. The highest BCUT2D eigenvalue weighted by molar-refractivity contribution is 5.94. The van der Waals surface area contributed by atoms with Gasteiger partial charge in [-0.05, 0) is 18.4 Å². The van der Waals surface area contributed by atoms with Crippen LogP contribution in [0, 0.1) is 0 Å². The van der Waals surface area contributed by atoms with Crippen LogP contribution in [-0.4, -0.2) is 47.6 Å². The van der Waals surface area contributed by atoms with Crippen LogP contribution >= 0.6 is 0 Å². The quantitative estimate of drug-likeness (QED) is 0.847. The van der Waals surface area contributed by atoms with E-state index >= 15 is 0 Å². The molecule has 0 aromatic heterocycles. The number of carboxylic acids is 1. The smallest absolute Gasteiger partial charge is 0.327 e. The predicted octanol–water partition coefficient (Wildman–Crippen LogP) is 0.603. The maximum atomic E-state index is 12.8. The van der Waals surface area contributed by atoms with E-state index in [0.717, 1.165) is 18.4 Å². The van der Waals surface area contributed by atoms with Crippen molar-refractivity contribution in [3.63, 3.8) is 0 Å². The lowest BCUT2D eigenvalue weighted by molar-refractivity contribution is -0.152.